The van der Waals surface area contributed by atoms with Crippen molar-refractivity contribution in [2.24, 2.45) is 14.7 Å². The maximum atomic E-state index is 12.5. The Bertz CT molecular complexity index is 1290. The topological polar surface area (TPSA) is 154 Å². The number of phenolic OH excluding ortho intramolecular Hbond substituents is 1. The van der Waals surface area contributed by atoms with E-state index in [-0.39, 0.29) is 28.2 Å². The summed E-state index contributed by atoms with van der Waals surface area (Å²) in [6.07, 6.45) is 1.58. The second-order valence-electron chi connectivity index (χ2n) is 7.78. The molecule has 0 amide bonds. The third-order valence-electron chi connectivity index (χ3n) is 4.66. The number of phenols is 1. The molecule has 0 saturated carbocycles. The van der Waals surface area contributed by atoms with Crippen LogP contribution in [-0.2, 0) is 20.2 Å². The molecule has 0 unspecified atom stereocenters. The zero-order valence-electron chi connectivity index (χ0n) is 18.2. The van der Waals surface area contributed by atoms with Crippen LogP contribution in [0.25, 0.3) is 0 Å². The highest BCUT2D eigenvalue weighted by molar-refractivity contribution is 7.89. The minimum absolute atomic E-state index is 0.00484. The molecule has 0 bridgehead atoms. The molecule has 0 fully saturated rings. The van der Waals surface area contributed by atoms with E-state index in [9.17, 15) is 21.9 Å². The van der Waals surface area contributed by atoms with Crippen molar-refractivity contribution < 1.29 is 26.4 Å². The molecule has 2 heterocycles. The first-order valence-electron chi connectivity index (χ1n) is 9.60. The lowest BCUT2D eigenvalue weighted by Crippen LogP contribution is -2.38. The molecule has 1 aromatic heterocycles. The maximum absolute atomic E-state index is 12.5. The molecule has 1 aromatic carbocycles. The molecular weight excluding hydrogens is 458 g/mol. The van der Waals surface area contributed by atoms with Crippen LogP contribution in [0.3, 0.4) is 0 Å². The Labute approximate surface area is 187 Å². The van der Waals surface area contributed by atoms with Crippen molar-refractivity contribution in [3.8, 4) is 5.75 Å². The van der Waals surface area contributed by atoms with Gasteiger partial charge in [-0.25, -0.2) is 12.7 Å². The summed E-state index contributed by atoms with van der Waals surface area (Å²) in [6.45, 7) is 5.71. The monoisotopic (exact) mass is 483 g/mol. The average molecular weight is 484 g/mol. The number of nitrogens with one attached hydrogen (secondary N) is 2. The van der Waals surface area contributed by atoms with Gasteiger partial charge in [0, 0.05) is 14.1 Å². The van der Waals surface area contributed by atoms with E-state index in [1.165, 1.54) is 32.3 Å². The molecule has 2 aromatic rings. The van der Waals surface area contributed by atoms with Crippen LogP contribution in [-0.4, -0.2) is 52.0 Å². The van der Waals surface area contributed by atoms with E-state index in [4.69, 9.17) is 4.42 Å². The number of aryl methyl sites for hydroxylation is 1. The number of hydrogen-bond acceptors (Lipinski definition) is 8. The van der Waals surface area contributed by atoms with Crippen LogP contribution in [0.4, 0.5) is 5.69 Å². The summed E-state index contributed by atoms with van der Waals surface area (Å²) in [5.41, 5.74) is 0.859. The highest BCUT2D eigenvalue weighted by Crippen LogP contribution is 2.33. The fourth-order valence-corrected chi connectivity index (χ4v) is 4.77. The van der Waals surface area contributed by atoms with Crippen LogP contribution in [0.2, 0.25) is 0 Å². The van der Waals surface area contributed by atoms with Gasteiger partial charge in [0.2, 0.25) is 10.0 Å². The minimum Gasteiger partial charge on any atom is -0.504 e. The van der Waals surface area contributed by atoms with E-state index < -0.39 is 32.0 Å². The molecule has 174 valence electrons. The highest BCUT2D eigenvalue weighted by Gasteiger charge is 2.31. The zero-order chi connectivity index (χ0) is 23.8. The number of amidine groups is 2. The lowest BCUT2D eigenvalue weighted by Gasteiger charge is -2.22. The van der Waals surface area contributed by atoms with Gasteiger partial charge in [-0.05, 0) is 36.6 Å². The SMILES string of the molecule is Cc1coc([C@H](NC2=NS(=O)(=O)N=C2Nc2cccc(S(=O)(=O)N(C)C)c2O)C(C)C)c1. The van der Waals surface area contributed by atoms with Crippen molar-refractivity contribution in [1.82, 2.24) is 9.62 Å². The minimum atomic E-state index is -4.17. The lowest BCUT2D eigenvalue weighted by atomic mass is 10.0. The smallest absolute Gasteiger partial charge is 0.367 e. The van der Waals surface area contributed by atoms with E-state index in [1.54, 1.807) is 6.26 Å². The molecule has 0 saturated heterocycles. The first kappa shape index (κ1) is 23.8. The number of benzene rings is 1. The first-order chi connectivity index (χ1) is 14.8. The summed E-state index contributed by atoms with van der Waals surface area (Å²) in [4.78, 5) is -0.341. The van der Waals surface area contributed by atoms with Gasteiger partial charge < -0.3 is 20.2 Å². The fraction of sp³-hybridized carbons (Fsp3) is 0.368. The summed E-state index contributed by atoms with van der Waals surface area (Å²) in [6, 6.07) is 5.45. The van der Waals surface area contributed by atoms with E-state index in [0.717, 1.165) is 9.87 Å². The van der Waals surface area contributed by atoms with Gasteiger partial charge >= 0.3 is 10.2 Å². The predicted octanol–water partition coefficient (Wildman–Crippen LogP) is 2.00. The van der Waals surface area contributed by atoms with Crippen molar-refractivity contribution >= 4 is 37.6 Å². The number of aromatic hydroxyl groups is 1. The van der Waals surface area contributed by atoms with Gasteiger partial charge in [0.05, 0.1) is 18.0 Å². The van der Waals surface area contributed by atoms with Crippen LogP contribution in [0, 0.1) is 12.8 Å². The van der Waals surface area contributed by atoms with E-state index in [2.05, 4.69) is 19.4 Å². The maximum Gasteiger partial charge on any atom is 0.367 e. The summed E-state index contributed by atoms with van der Waals surface area (Å²) < 4.78 is 62.8. The molecule has 13 heteroatoms. The number of nitrogens with zero attached hydrogens (tertiary/aromatic N) is 3. The van der Waals surface area contributed by atoms with Crippen LogP contribution < -0.4 is 10.6 Å². The van der Waals surface area contributed by atoms with Gasteiger partial charge in [0.1, 0.15) is 10.7 Å². The van der Waals surface area contributed by atoms with Crippen molar-refractivity contribution in [1.29, 1.82) is 0 Å². The first-order valence-corrected chi connectivity index (χ1v) is 12.4. The Hall–Kier alpha value is -2.90. The van der Waals surface area contributed by atoms with Crippen LogP contribution >= 0.6 is 0 Å². The molecule has 0 spiro atoms. The van der Waals surface area contributed by atoms with Gasteiger partial charge in [0.15, 0.2) is 17.4 Å². The number of sulfonamides is 1. The molecule has 1 aliphatic rings. The van der Waals surface area contributed by atoms with Crippen molar-refractivity contribution in [3.63, 3.8) is 0 Å². The number of furan rings is 1. The van der Waals surface area contributed by atoms with Crippen molar-refractivity contribution in [2.45, 2.75) is 31.7 Å². The average Bonchev–Trinajstić information content (AvgIpc) is 3.22. The molecule has 11 nitrogen and oxygen atoms in total. The van der Waals surface area contributed by atoms with Crippen molar-refractivity contribution in [2.75, 3.05) is 19.4 Å². The Morgan fingerprint density at radius 3 is 2.38 bits per heavy atom. The molecular formula is C19H25N5O6S2. The molecule has 32 heavy (non-hydrogen) atoms. The second kappa shape index (κ2) is 8.56. The molecule has 0 aliphatic carbocycles. The second-order valence-corrected chi connectivity index (χ2v) is 11.2. The zero-order valence-corrected chi connectivity index (χ0v) is 19.8. The lowest BCUT2D eigenvalue weighted by molar-refractivity contribution is 0.378. The van der Waals surface area contributed by atoms with Gasteiger partial charge in [-0.3, -0.25) is 0 Å². The molecule has 0 radical (unpaired) electrons. The van der Waals surface area contributed by atoms with Gasteiger partial charge in [-0.1, -0.05) is 19.9 Å². The van der Waals surface area contributed by atoms with E-state index >= 15 is 0 Å². The summed E-state index contributed by atoms with van der Waals surface area (Å²) in [7, 11) is -5.44. The Morgan fingerprint density at radius 1 is 1.16 bits per heavy atom. The van der Waals surface area contributed by atoms with Crippen LogP contribution in [0.1, 0.15) is 31.2 Å². The predicted molar refractivity (Wildman–Crippen MR) is 121 cm³/mol. The number of anilines is 1. The van der Waals surface area contributed by atoms with E-state index in [1.807, 2.05) is 26.8 Å². The van der Waals surface area contributed by atoms with Gasteiger partial charge in [-0.15, -0.1) is 8.80 Å². The van der Waals surface area contributed by atoms with Gasteiger partial charge in [-0.2, -0.15) is 8.42 Å². The van der Waals surface area contributed by atoms with Gasteiger partial charge in [0.25, 0.3) is 0 Å². The third kappa shape index (κ3) is 4.79. The normalized spacial score (nSPS) is 16.7. The number of hydrogen-bond donors (Lipinski definition) is 3. The number of rotatable bonds is 6. The summed E-state index contributed by atoms with van der Waals surface area (Å²) in [5.74, 6) is -0.262. The Morgan fingerprint density at radius 2 is 1.81 bits per heavy atom. The molecule has 3 N–H and O–H groups in total. The van der Waals surface area contributed by atoms with Crippen LogP contribution in [0.5, 0.6) is 5.75 Å². The largest absolute Gasteiger partial charge is 0.504 e. The molecule has 3 rings (SSSR count). The summed E-state index contributed by atoms with van der Waals surface area (Å²) >= 11 is 0. The Kier molecular flexibility index (Phi) is 6.36. The molecule has 1 aliphatic heterocycles. The Balaban J connectivity index is 1.95. The van der Waals surface area contributed by atoms with Crippen LogP contribution in [0.15, 0.2) is 48.6 Å². The number of para-hydroxylation sites is 1. The quantitative estimate of drug-likeness (QED) is 0.527. The summed E-state index contributed by atoms with van der Waals surface area (Å²) in [5, 5.41) is 16.3. The molecule has 1 atom stereocenters. The standard InChI is InChI=1S/C19H25N5O6S2/c1-11(2)16(14-9-12(3)10-30-14)21-19-18(22-32(28,29)23-19)20-13-7-6-8-15(17(13)25)31(26,27)24(4)5/h6-11,16,25H,1-5H3,(H,20,22)(H,21,23)/t16-/m1/s1. The van der Waals surface area contributed by atoms with E-state index in [0.29, 0.717) is 5.76 Å². The van der Waals surface area contributed by atoms with Crippen molar-refractivity contribution in [3.05, 3.63) is 41.9 Å². The third-order valence-corrected chi connectivity index (χ3v) is 7.34. The fourth-order valence-electron chi connectivity index (χ4n) is 3.00. The highest BCUT2D eigenvalue weighted by atomic mass is 32.2.